The number of amides is 1. The van der Waals surface area contributed by atoms with Gasteiger partial charge in [-0.15, -0.1) is 0 Å². The lowest BCUT2D eigenvalue weighted by Gasteiger charge is -2.33. The average Bonchev–Trinajstić information content (AvgIpc) is 2.83. The van der Waals surface area contributed by atoms with Crippen molar-refractivity contribution >= 4 is 56.5 Å². The van der Waals surface area contributed by atoms with Gasteiger partial charge < -0.3 is 16.2 Å². The minimum atomic E-state index is -5.08. The van der Waals surface area contributed by atoms with Gasteiger partial charge >= 0.3 is 12.1 Å². The first kappa shape index (κ1) is 30.2. The van der Waals surface area contributed by atoms with Gasteiger partial charge in [0.1, 0.15) is 0 Å². The normalized spacial score (nSPS) is 15.1. The van der Waals surface area contributed by atoms with Crippen molar-refractivity contribution in [3.8, 4) is 0 Å². The lowest BCUT2D eigenvalue weighted by atomic mass is 10.1. The van der Waals surface area contributed by atoms with Gasteiger partial charge in [0.25, 0.3) is 15.9 Å². The number of carbonyl (C=O) groups is 2. The van der Waals surface area contributed by atoms with Gasteiger partial charge in [-0.05, 0) is 42.8 Å². The highest BCUT2D eigenvalue weighted by atomic mass is 35.5. The van der Waals surface area contributed by atoms with E-state index in [1.807, 2.05) is 13.0 Å². The number of nitrogens with zero attached hydrogens (tertiary/aromatic N) is 2. The number of aromatic nitrogens is 1. The van der Waals surface area contributed by atoms with Crippen LogP contribution in [-0.2, 0) is 21.2 Å². The van der Waals surface area contributed by atoms with Gasteiger partial charge in [-0.3, -0.25) is 14.1 Å². The highest BCUT2D eigenvalue weighted by Crippen LogP contribution is 2.33. The summed E-state index contributed by atoms with van der Waals surface area (Å²) in [6.45, 7) is 1.92. The Morgan fingerprint density at radius 1 is 1.13 bits per heavy atom. The maximum Gasteiger partial charge on any atom is 0.490 e. The first-order chi connectivity index (χ1) is 18.1. The Balaban J connectivity index is 0.000000532. The number of aryl methyl sites for hydroxylation is 1. The van der Waals surface area contributed by atoms with E-state index in [0.29, 0.717) is 23.5 Å². The lowest BCUT2D eigenvalue weighted by Crippen LogP contribution is -2.46. The zero-order valence-corrected chi connectivity index (χ0v) is 22.4. The number of nitrogens with two attached hydrogens (primary N) is 1. The van der Waals surface area contributed by atoms with Crippen LogP contribution in [0.5, 0.6) is 0 Å². The largest absolute Gasteiger partial charge is 0.490 e. The Labute approximate surface area is 231 Å². The number of nitrogens with one attached hydrogen (secondary N) is 1. The monoisotopic (exact) mass is 604 g/mol. The van der Waals surface area contributed by atoms with E-state index in [9.17, 15) is 26.4 Å². The molecule has 0 saturated carbocycles. The van der Waals surface area contributed by atoms with E-state index in [0.717, 1.165) is 5.56 Å². The maximum atomic E-state index is 13.4. The fourth-order valence-electron chi connectivity index (χ4n) is 3.59. The number of carbonyl (C=O) groups excluding carboxylic acids is 1. The first-order valence-corrected chi connectivity index (χ1v) is 13.2. The minimum absolute atomic E-state index is 0.0959. The average molecular weight is 605 g/mol. The predicted molar refractivity (Wildman–Crippen MR) is 140 cm³/mol. The summed E-state index contributed by atoms with van der Waals surface area (Å²) in [6.07, 6.45) is -3.21. The van der Waals surface area contributed by atoms with E-state index in [1.54, 1.807) is 42.5 Å². The summed E-state index contributed by atoms with van der Waals surface area (Å²) in [7, 11) is -3.88. The van der Waals surface area contributed by atoms with Crippen LogP contribution in [-0.4, -0.2) is 49.1 Å². The van der Waals surface area contributed by atoms with Crippen LogP contribution >= 0.6 is 23.2 Å². The second-order valence-corrected chi connectivity index (χ2v) is 11.0. The molecule has 0 bridgehead atoms. The van der Waals surface area contributed by atoms with E-state index in [-0.39, 0.29) is 27.0 Å². The third-order valence-electron chi connectivity index (χ3n) is 5.34. The molecule has 0 spiro atoms. The van der Waals surface area contributed by atoms with Crippen molar-refractivity contribution in [2.45, 2.75) is 30.5 Å². The second-order valence-electron chi connectivity index (χ2n) is 8.36. The summed E-state index contributed by atoms with van der Waals surface area (Å²) in [4.78, 5) is 26.2. The molecule has 0 saturated heterocycles. The van der Waals surface area contributed by atoms with E-state index in [4.69, 9.17) is 38.8 Å². The van der Waals surface area contributed by atoms with Crippen molar-refractivity contribution in [3.05, 3.63) is 81.6 Å². The van der Waals surface area contributed by atoms with E-state index >= 15 is 0 Å². The summed E-state index contributed by atoms with van der Waals surface area (Å²) < 4.78 is 59.8. The fourth-order valence-corrected chi connectivity index (χ4v) is 5.80. The van der Waals surface area contributed by atoms with Gasteiger partial charge in [-0.1, -0.05) is 41.4 Å². The third kappa shape index (κ3) is 7.18. The van der Waals surface area contributed by atoms with Crippen molar-refractivity contribution < 1.29 is 36.3 Å². The van der Waals surface area contributed by atoms with Gasteiger partial charge in [-0.2, -0.15) is 13.2 Å². The van der Waals surface area contributed by atoms with Gasteiger partial charge in [0, 0.05) is 19.0 Å². The molecule has 0 radical (unpaired) electrons. The number of hydrogen-bond donors (Lipinski definition) is 3. The molecule has 1 aromatic heterocycles. The fraction of sp³-hybridized carbons (Fsp3) is 0.208. The van der Waals surface area contributed by atoms with Crippen LogP contribution in [0.3, 0.4) is 0 Å². The summed E-state index contributed by atoms with van der Waals surface area (Å²) in [5, 5.41) is 10.2. The van der Waals surface area contributed by atoms with Crippen LogP contribution in [0.1, 0.15) is 21.6 Å². The molecule has 1 aliphatic rings. The minimum Gasteiger partial charge on any atom is -0.475 e. The predicted octanol–water partition coefficient (Wildman–Crippen LogP) is 4.66. The number of rotatable bonds is 4. The molecule has 0 unspecified atom stereocenters. The summed E-state index contributed by atoms with van der Waals surface area (Å²) in [5.41, 5.74) is 8.29. The molecule has 1 aliphatic heterocycles. The zero-order chi connectivity index (χ0) is 29.1. The van der Waals surface area contributed by atoms with Gasteiger partial charge in [0.15, 0.2) is 0 Å². The summed E-state index contributed by atoms with van der Waals surface area (Å²) in [6, 6.07) is 12.6. The molecule has 9 nitrogen and oxygen atoms in total. The number of halogens is 5. The van der Waals surface area contributed by atoms with Gasteiger partial charge in [0.2, 0.25) is 0 Å². The molecule has 15 heteroatoms. The summed E-state index contributed by atoms with van der Waals surface area (Å²) in [5.74, 6) is -3.28. The number of anilines is 2. The van der Waals surface area contributed by atoms with Gasteiger partial charge in [-0.25, -0.2) is 13.2 Å². The number of alkyl halides is 3. The highest BCUT2D eigenvalue weighted by molar-refractivity contribution is 7.92. The SMILES string of the molecule is Cc1cccc(S(=O)(=O)N2C[C@H](N)Cc3ncc(NC(=O)c4c(Cl)cccc4Cl)cc32)c1.O=C(O)C(F)(F)F. The molecule has 2 heterocycles. The molecular weight excluding hydrogens is 584 g/mol. The molecule has 3 aromatic rings. The topological polar surface area (TPSA) is 143 Å². The van der Waals surface area contributed by atoms with Crippen LogP contribution < -0.4 is 15.4 Å². The quantitative estimate of drug-likeness (QED) is 0.393. The number of pyridine rings is 1. The first-order valence-electron chi connectivity index (χ1n) is 11.0. The van der Waals surface area contributed by atoms with Crippen molar-refractivity contribution in [2.75, 3.05) is 16.2 Å². The number of hydrogen-bond acceptors (Lipinski definition) is 6. The summed E-state index contributed by atoms with van der Waals surface area (Å²) >= 11 is 12.2. The Morgan fingerprint density at radius 2 is 1.72 bits per heavy atom. The van der Waals surface area contributed by atoms with Crippen LogP contribution in [0, 0.1) is 6.92 Å². The van der Waals surface area contributed by atoms with Crippen molar-refractivity contribution in [3.63, 3.8) is 0 Å². The number of aliphatic carboxylic acids is 1. The smallest absolute Gasteiger partial charge is 0.475 e. The Kier molecular flexibility index (Phi) is 9.11. The number of benzene rings is 2. The van der Waals surface area contributed by atoms with Crippen molar-refractivity contribution in [2.24, 2.45) is 5.73 Å². The van der Waals surface area contributed by atoms with Crippen LogP contribution in [0.2, 0.25) is 10.0 Å². The Bertz CT molecular complexity index is 1500. The third-order valence-corrected chi connectivity index (χ3v) is 7.75. The molecule has 0 fully saturated rings. The molecule has 2 aromatic carbocycles. The van der Waals surface area contributed by atoms with Crippen LogP contribution in [0.15, 0.2) is 59.6 Å². The molecule has 39 heavy (non-hydrogen) atoms. The van der Waals surface area contributed by atoms with E-state index in [2.05, 4.69) is 10.3 Å². The highest BCUT2D eigenvalue weighted by Gasteiger charge is 2.38. The molecule has 1 amide bonds. The molecule has 1 atom stereocenters. The Hall–Kier alpha value is -3.39. The van der Waals surface area contributed by atoms with E-state index in [1.165, 1.54) is 10.5 Å². The van der Waals surface area contributed by atoms with E-state index < -0.39 is 34.1 Å². The van der Waals surface area contributed by atoms with Crippen LogP contribution in [0.4, 0.5) is 24.5 Å². The number of fused-ring (bicyclic) bond motifs is 1. The Morgan fingerprint density at radius 3 is 2.28 bits per heavy atom. The standard InChI is InChI=1S/C22H20Cl2N4O3S.C2HF3O2/c1-13-4-2-5-16(8-13)32(30,31)28-12-14(25)9-19-20(28)10-15(11-26-19)27-22(29)21-17(23)6-3-7-18(21)24;3-2(4,5)1(6)7/h2-8,10-11,14H,9,12,25H2,1H3,(H,27,29);(H,6,7)/t14-;/m1./s1. The molecule has 0 aliphatic carbocycles. The lowest BCUT2D eigenvalue weighted by molar-refractivity contribution is -0.192. The maximum absolute atomic E-state index is 13.4. The second kappa shape index (κ2) is 11.8. The van der Waals surface area contributed by atoms with Gasteiger partial charge in [0.05, 0.1) is 43.8 Å². The van der Waals surface area contributed by atoms with Crippen molar-refractivity contribution in [1.29, 1.82) is 0 Å². The number of carboxylic acids is 1. The number of sulfonamides is 1. The van der Waals surface area contributed by atoms with Crippen molar-refractivity contribution in [1.82, 2.24) is 4.98 Å². The molecule has 4 N–H and O–H groups in total. The van der Waals surface area contributed by atoms with Crippen LogP contribution in [0.25, 0.3) is 0 Å². The molecular formula is C24H21Cl2F3N4O5S. The molecule has 4 rings (SSSR count). The molecule has 208 valence electrons. The zero-order valence-electron chi connectivity index (χ0n) is 20.0. The number of carboxylic acid groups (broad SMARTS) is 1.